The minimum Gasteiger partial charge on any atom is -0.487 e. The molecular weight excluding hydrogens is 346 g/mol. The van der Waals surface area contributed by atoms with E-state index in [1.807, 2.05) is 40.7 Å². The monoisotopic (exact) mass is 373 g/mol. The van der Waals surface area contributed by atoms with Gasteiger partial charge in [0.15, 0.2) is 6.61 Å². The predicted molar refractivity (Wildman–Crippen MR) is 104 cm³/mol. The van der Waals surface area contributed by atoms with Crippen molar-refractivity contribution in [3.05, 3.63) is 33.7 Å². The van der Waals surface area contributed by atoms with Crippen LogP contribution in [0.1, 0.15) is 51.7 Å². The fourth-order valence-corrected chi connectivity index (χ4v) is 3.30. The minimum absolute atomic E-state index is 0.0882. The highest BCUT2D eigenvalue weighted by Gasteiger charge is 2.30. The topological polar surface area (TPSA) is 77.8 Å². The second kappa shape index (κ2) is 7.25. The number of hydrogen-bond donors (Lipinski definition) is 1. The van der Waals surface area contributed by atoms with Crippen LogP contribution in [0.15, 0.2) is 21.3 Å². The third-order valence-electron chi connectivity index (χ3n) is 4.98. The van der Waals surface area contributed by atoms with E-state index in [0.717, 1.165) is 30.4 Å². The van der Waals surface area contributed by atoms with Crippen molar-refractivity contribution < 1.29 is 18.7 Å². The molecule has 1 amide bonds. The molecule has 146 valence electrons. The van der Waals surface area contributed by atoms with Gasteiger partial charge in [-0.15, -0.1) is 0 Å². The van der Waals surface area contributed by atoms with E-state index < -0.39 is 5.63 Å². The Labute approximate surface area is 158 Å². The molecule has 1 atom stereocenters. The first-order chi connectivity index (χ1) is 12.7. The van der Waals surface area contributed by atoms with Gasteiger partial charge in [-0.05, 0) is 52.5 Å². The Morgan fingerprint density at radius 3 is 2.81 bits per heavy atom. The molecule has 1 aliphatic heterocycles. The zero-order chi connectivity index (χ0) is 19.8. The summed E-state index contributed by atoms with van der Waals surface area (Å²) in [5.74, 6) is 0.943. The molecule has 27 heavy (non-hydrogen) atoms. The molecule has 1 aromatic carbocycles. The van der Waals surface area contributed by atoms with Crippen molar-refractivity contribution in [3.8, 4) is 11.5 Å². The van der Waals surface area contributed by atoms with Gasteiger partial charge in [0.05, 0.1) is 5.39 Å². The van der Waals surface area contributed by atoms with Crippen LogP contribution >= 0.6 is 0 Å². The Morgan fingerprint density at radius 2 is 2.11 bits per heavy atom. The SMILES string of the molecule is CC[C@@H](C)NC(=O)COc1cc2c(c3oc(=O)cc(C)c13)CCC(C)(C)O2. The number of rotatable bonds is 5. The maximum atomic E-state index is 12.1. The van der Waals surface area contributed by atoms with Gasteiger partial charge in [-0.3, -0.25) is 4.79 Å². The number of aryl methyl sites for hydroxylation is 2. The molecule has 0 spiro atoms. The van der Waals surface area contributed by atoms with Crippen LogP contribution in [0, 0.1) is 6.92 Å². The van der Waals surface area contributed by atoms with E-state index in [4.69, 9.17) is 13.9 Å². The Morgan fingerprint density at radius 1 is 1.37 bits per heavy atom. The fourth-order valence-electron chi connectivity index (χ4n) is 3.30. The Bertz CT molecular complexity index is 928. The maximum absolute atomic E-state index is 12.1. The molecule has 0 radical (unpaired) electrons. The Kier molecular flexibility index (Phi) is 5.18. The van der Waals surface area contributed by atoms with Crippen LogP contribution in [0.25, 0.3) is 11.0 Å². The Balaban J connectivity index is 2.01. The normalized spacial score (nSPS) is 16.3. The van der Waals surface area contributed by atoms with E-state index in [9.17, 15) is 9.59 Å². The second-order valence-corrected chi connectivity index (χ2v) is 7.83. The molecule has 0 fully saturated rings. The van der Waals surface area contributed by atoms with Crippen LogP contribution in [0.3, 0.4) is 0 Å². The molecule has 1 N–H and O–H groups in total. The molecule has 6 heteroatoms. The Hall–Kier alpha value is -2.50. The number of hydrogen-bond acceptors (Lipinski definition) is 5. The van der Waals surface area contributed by atoms with Crippen LogP contribution in [-0.2, 0) is 11.2 Å². The molecule has 0 unspecified atom stereocenters. The van der Waals surface area contributed by atoms with E-state index in [2.05, 4.69) is 5.32 Å². The molecule has 1 aliphatic rings. The van der Waals surface area contributed by atoms with E-state index in [0.29, 0.717) is 22.5 Å². The number of carbonyl (C=O) groups is 1. The number of ether oxygens (including phenoxy) is 2. The lowest BCUT2D eigenvalue weighted by atomic mass is 9.92. The van der Waals surface area contributed by atoms with Crippen LogP contribution in [0.2, 0.25) is 0 Å². The predicted octanol–water partition coefficient (Wildman–Crippen LogP) is 3.50. The summed E-state index contributed by atoms with van der Waals surface area (Å²) in [6.45, 7) is 9.72. The number of fused-ring (bicyclic) bond motifs is 3. The molecule has 3 rings (SSSR count). The first-order valence-corrected chi connectivity index (χ1v) is 9.41. The average Bonchev–Trinajstić information content (AvgIpc) is 2.57. The lowest BCUT2D eigenvalue weighted by molar-refractivity contribution is -0.123. The summed E-state index contributed by atoms with van der Waals surface area (Å²) in [6, 6.07) is 3.33. The lowest BCUT2D eigenvalue weighted by Gasteiger charge is -2.33. The summed E-state index contributed by atoms with van der Waals surface area (Å²) in [4.78, 5) is 24.0. The molecule has 6 nitrogen and oxygen atoms in total. The smallest absolute Gasteiger partial charge is 0.336 e. The summed E-state index contributed by atoms with van der Waals surface area (Å²) < 4.78 is 17.4. The third-order valence-corrected chi connectivity index (χ3v) is 4.98. The molecule has 0 aliphatic carbocycles. The molecule has 2 heterocycles. The van der Waals surface area contributed by atoms with Gasteiger partial charge in [0.25, 0.3) is 5.91 Å². The van der Waals surface area contributed by atoms with Crippen LogP contribution in [0.5, 0.6) is 11.5 Å². The lowest BCUT2D eigenvalue weighted by Crippen LogP contribution is -2.35. The summed E-state index contributed by atoms with van der Waals surface area (Å²) >= 11 is 0. The van der Waals surface area contributed by atoms with Gasteiger partial charge >= 0.3 is 5.63 Å². The zero-order valence-corrected chi connectivity index (χ0v) is 16.6. The van der Waals surface area contributed by atoms with Gasteiger partial charge in [-0.2, -0.15) is 0 Å². The summed E-state index contributed by atoms with van der Waals surface area (Å²) in [7, 11) is 0. The van der Waals surface area contributed by atoms with Gasteiger partial charge in [-0.1, -0.05) is 6.92 Å². The molecule has 2 aromatic rings. The van der Waals surface area contributed by atoms with E-state index in [-0.39, 0.29) is 24.2 Å². The van der Waals surface area contributed by atoms with Crippen molar-refractivity contribution in [1.29, 1.82) is 0 Å². The summed E-state index contributed by atoms with van der Waals surface area (Å²) in [6.07, 6.45) is 2.42. The molecular formula is C21H27NO5. The highest BCUT2D eigenvalue weighted by Crippen LogP contribution is 2.42. The molecule has 0 bridgehead atoms. The average molecular weight is 373 g/mol. The fraction of sp³-hybridized carbons (Fsp3) is 0.524. The molecule has 0 saturated carbocycles. The van der Waals surface area contributed by atoms with E-state index >= 15 is 0 Å². The summed E-state index contributed by atoms with van der Waals surface area (Å²) in [5, 5.41) is 3.59. The van der Waals surface area contributed by atoms with Crippen molar-refractivity contribution in [1.82, 2.24) is 5.32 Å². The largest absolute Gasteiger partial charge is 0.487 e. The van der Waals surface area contributed by atoms with Gasteiger partial charge in [0.1, 0.15) is 22.7 Å². The zero-order valence-electron chi connectivity index (χ0n) is 16.6. The van der Waals surface area contributed by atoms with Crippen LogP contribution in [-0.4, -0.2) is 24.2 Å². The van der Waals surface area contributed by atoms with Crippen molar-refractivity contribution in [2.24, 2.45) is 0 Å². The molecule has 1 aromatic heterocycles. The highest BCUT2D eigenvalue weighted by molar-refractivity contribution is 5.91. The third kappa shape index (κ3) is 4.10. The second-order valence-electron chi connectivity index (χ2n) is 7.83. The van der Waals surface area contributed by atoms with Crippen molar-refractivity contribution in [3.63, 3.8) is 0 Å². The first-order valence-electron chi connectivity index (χ1n) is 9.41. The molecule has 0 saturated heterocycles. The van der Waals surface area contributed by atoms with Crippen molar-refractivity contribution in [2.75, 3.05) is 6.61 Å². The van der Waals surface area contributed by atoms with E-state index in [1.165, 1.54) is 6.07 Å². The summed E-state index contributed by atoms with van der Waals surface area (Å²) in [5.41, 5.74) is 1.41. The van der Waals surface area contributed by atoms with Gasteiger partial charge in [0, 0.05) is 23.7 Å². The maximum Gasteiger partial charge on any atom is 0.336 e. The van der Waals surface area contributed by atoms with Crippen LogP contribution in [0.4, 0.5) is 0 Å². The number of nitrogens with one attached hydrogen (secondary N) is 1. The van der Waals surface area contributed by atoms with E-state index in [1.54, 1.807) is 0 Å². The quantitative estimate of drug-likeness (QED) is 0.812. The van der Waals surface area contributed by atoms with Gasteiger partial charge in [-0.25, -0.2) is 4.79 Å². The van der Waals surface area contributed by atoms with Crippen LogP contribution < -0.4 is 20.4 Å². The van der Waals surface area contributed by atoms with Gasteiger partial charge in [0.2, 0.25) is 0 Å². The first kappa shape index (κ1) is 19.3. The number of benzene rings is 1. The number of amides is 1. The minimum atomic E-state index is -0.404. The van der Waals surface area contributed by atoms with Crippen molar-refractivity contribution in [2.45, 2.75) is 65.5 Å². The number of carbonyl (C=O) groups excluding carboxylic acids is 1. The van der Waals surface area contributed by atoms with Crippen molar-refractivity contribution >= 4 is 16.9 Å². The highest BCUT2D eigenvalue weighted by atomic mass is 16.5. The van der Waals surface area contributed by atoms with Gasteiger partial charge < -0.3 is 19.2 Å². The standard InChI is InChI=1S/C21H27NO5/c1-6-13(3)22-17(23)11-25-16-10-15-14(7-8-21(4,5)27-15)20-19(16)12(2)9-18(24)26-20/h9-10,13H,6-8,11H2,1-5H3,(H,22,23)/t13-/m1/s1.